The molecule has 2 rings (SSSR count). The first-order chi connectivity index (χ1) is 8.08. The van der Waals surface area contributed by atoms with E-state index in [-0.39, 0.29) is 10.8 Å². The lowest BCUT2D eigenvalue weighted by molar-refractivity contribution is 0.0695. The molecule has 0 amide bonds. The molecule has 4 nitrogen and oxygen atoms in total. The summed E-state index contributed by atoms with van der Waals surface area (Å²) in [5, 5.41) is 9.15. The number of hydrogen-bond donors (Lipinski definition) is 1. The number of aryl methyl sites for hydroxylation is 1. The van der Waals surface area contributed by atoms with Crippen molar-refractivity contribution in [3.63, 3.8) is 0 Å². The maximum atomic E-state index is 12.0. The zero-order valence-electron chi connectivity index (χ0n) is 9.77. The van der Waals surface area contributed by atoms with Crippen LogP contribution in [0.1, 0.15) is 47.6 Å². The fourth-order valence-corrected chi connectivity index (χ4v) is 3.75. The van der Waals surface area contributed by atoms with Gasteiger partial charge in [0.1, 0.15) is 17.1 Å². The lowest BCUT2D eigenvalue weighted by Gasteiger charge is -2.06. The van der Waals surface area contributed by atoms with Crippen LogP contribution in [0.5, 0.6) is 0 Å². The Morgan fingerprint density at radius 2 is 2.18 bits per heavy atom. The molecule has 1 N–H and O–H groups in total. The predicted molar refractivity (Wildman–Crippen MR) is 64.5 cm³/mol. The number of hydrogen-bond acceptors (Lipinski definition) is 3. The van der Waals surface area contributed by atoms with Gasteiger partial charge in [-0.2, -0.15) is 0 Å². The maximum absolute atomic E-state index is 12.0. The number of carboxylic acids is 1. The van der Waals surface area contributed by atoms with Crippen LogP contribution in [0.15, 0.2) is 10.5 Å². The minimum atomic E-state index is -0.996. The molecule has 0 aliphatic heterocycles. The van der Waals surface area contributed by atoms with E-state index in [2.05, 4.69) is 0 Å². The summed E-state index contributed by atoms with van der Waals surface area (Å²) in [5.74, 6) is 0.240. The summed E-state index contributed by atoms with van der Waals surface area (Å²) in [6.07, 6.45) is 4.32. The lowest BCUT2D eigenvalue weighted by atomic mass is 10.2. The van der Waals surface area contributed by atoms with Crippen molar-refractivity contribution >= 4 is 16.8 Å². The fraction of sp³-hybridized carbons (Fsp3) is 0.583. The van der Waals surface area contributed by atoms with Crippen molar-refractivity contribution in [2.75, 3.05) is 0 Å². The third-order valence-corrected chi connectivity index (χ3v) is 4.94. The van der Waals surface area contributed by atoms with Gasteiger partial charge in [-0.1, -0.05) is 12.8 Å². The van der Waals surface area contributed by atoms with Gasteiger partial charge in [-0.3, -0.25) is 4.21 Å². The first-order valence-corrected chi connectivity index (χ1v) is 7.16. The minimum absolute atomic E-state index is 0.170. The van der Waals surface area contributed by atoms with Gasteiger partial charge in [0, 0.05) is 16.0 Å². The van der Waals surface area contributed by atoms with Crippen LogP contribution in [0.3, 0.4) is 0 Å². The number of aromatic carboxylic acids is 1. The number of carbonyl (C=O) groups is 1. The molecular weight excluding hydrogens is 240 g/mol. The van der Waals surface area contributed by atoms with Gasteiger partial charge >= 0.3 is 5.97 Å². The molecule has 0 saturated heterocycles. The van der Waals surface area contributed by atoms with Crippen molar-refractivity contribution in [2.24, 2.45) is 0 Å². The quantitative estimate of drug-likeness (QED) is 0.898. The van der Waals surface area contributed by atoms with Gasteiger partial charge in [-0.05, 0) is 25.8 Å². The molecule has 0 radical (unpaired) electrons. The minimum Gasteiger partial charge on any atom is -0.478 e. The SMILES string of the molecule is Cc1oc(CS(=O)C2CCCC2)cc1C(=O)O. The Labute approximate surface area is 102 Å². The molecule has 1 aliphatic carbocycles. The van der Waals surface area contributed by atoms with E-state index in [9.17, 15) is 9.00 Å². The predicted octanol–water partition coefficient (Wildman–Crippen LogP) is 2.48. The van der Waals surface area contributed by atoms with Crippen molar-refractivity contribution in [1.82, 2.24) is 0 Å². The van der Waals surface area contributed by atoms with Crippen LogP contribution in [-0.2, 0) is 16.6 Å². The highest BCUT2D eigenvalue weighted by Gasteiger charge is 2.23. The highest BCUT2D eigenvalue weighted by Crippen LogP contribution is 2.25. The first-order valence-electron chi connectivity index (χ1n) is 5.77. The van der Waals surface area contributed by atoms with Crippen molar-refractivity contribution in [3.8, 4) is 0 Å². The molecule has 1 heterocycles. The van der Waals surface area contributed by atoms with Crippen LogP contribution in [0, 0.1) is 6.92 Å². The van der Waals surface area contributed by atoms with Crippen molar-refractivity contribution in [1.29, 1.82) is 0 Å². The van der Waals surface area contributed by atoms with Crippen molar-refractivity contribution < 1.29 is 18.5 Å². The van der Waals surface area contributed by atoms with Crippen LogP contribution in [0.2, 0.25) is 0 Å². The smallest absolute Gasteiger partial charge is 0.339 e. The van der Waals surface area contributed by atoms with Crippen molar-refractivity contribution in [2.45, 2.75) is 43.6 Å². The second kappa shape index (κ2) is 5.04. The van der Waals surface area contributed by atoms with E-state index >= 15 is 0 Å². The molecule has 17 heavy (non-hydrogen) atoms. The second-order valence-corrected chi connectivity index (χ2v) is 6.14. The van der Waals surface area contributed by atoms with E-state index in [1.165, 1.54) is 6.07 Å². The maximum Gasteiger partial charge on any atom is 0.339 e. The highest BCUT2D eigenvalue weighted by molar-refractivity contribution is 7.84. The molecule has 1 atom stereocenters. The Morgan fingerprint density at radius 3 is 2.71 bits per heavy atom. The normalized spacial score (nSPS) is 18.4. The zero-order chi connectivity index (χ0) is 12.4. The topological polar surface area (TPSA) is 67.5 Å². The summed E-state index contributed by atoms with van der Waals surface area (Å²) in [7, 11) is -0.941. The Balaban J connectivity index is 2.05. The van der Waals surface area contributed by atoms with Gasteiger partial charge in [-0.25, -0.2) is 4.79 Å². The van der Waals surface area contributed by atoms with Gasteiger partial charge < -0.3 is 9.52 Å². The molecular formula is C12H16O4S. The lowest BCUT2D eigenvalue weighted by Crippen LogP contribution is -2.11. The van der Waals surface area contributed by atoms with Crippen LogP contribution >= 0.6 is 0 Å². The summed E-state index contributed by atoms with van der Waals surface area (Å²) < 4.78 is 17.3. The van der Waals surface area contributed by atoms with Gasteiger partial charge in [0.2, 0.25) is 0 Å². The monoisotopic (exact) mass is 256 g/mol. The Morgan fingerprint density at radius 1 is 1.53 bits per heavy atom. The average Bonchev–Trinajstić information content (AvgIpc) is 2.86. The third-order valence-electron chi connectivity index (χ3n) is 3.16. The van der Waals surface area contributed by atoms with Crippen LogP contribution < -0.4 is 0 Å². The Bertz CT molecular complexity index is 443. The summed E-state index contributed by atoms with van der Waals surface area (Å²) >= 11 is 0. The summed E-state index contributed by atoms with van der Waals surface area (Å²) in [4.78, 5) is 10.8. The van der Waals surface area contributed by atoms with Crippen LogP contribution in [0.25, 0.3) is 0 Å². The molecule has 1 fully saturated rings. The molecule has 1 saturated carbocycles. The third kappa shape index (κ3) is 2.77. The average molecular weight is 256 g/mol. The first kappa shape index (κ1) is 12.4. The fourth-order valence-electron chi connectivity index (χ4n) is 2.24. The number of carboxylic acid groups (broad SMARTS) is 1. The molecule has 1 aliphatic rings. The van der Waals surface area contributed by atoms with E-state index in [1.807, 2.05) is 0 Å². The molecule has 0 bridgehead atoms. The molecule has 0 aromatic carbocycles. The van der Waals surface area contributed by atoms with Crippen molar-refractivity contribution in [3.05, 3.63) is 23.2 Å². The van der Waals surface area contributed by atoms with E-state index < -0.39 is 16.8 Å². The van der Waals surface area contributed by atoms with E-state index in [0.29, 0.717) is 17.3 Å². The second-order valence-electron chi connectivity index (χ2n) is 4.42. The van der Waals surface area contributed by atoms with E-state index in [0.717, 1.165) is 25.7 Å². The van der Waals surface area contributed by atoms with Gasteiger partial charge in [0.05, 0.1) is 5.75 Å². The Kier molecular flexibility index (Phi) is 3.66. The molecule has 0 spiro atoms. The molecule has 94 valence electrons. The zero-order valence-corrected chi connectivity index (χ0v) is 10.6. The van der Waals surface area contributed by atoms with E-state index in [4.69, 9.17) is 9.52 Å². The number of rotatable bonds is 4. The highest BCUT2D eigenvalue weighted by atomic mass is 32.2. The van der Waals surface area contributed by atoms with Gasteiger partial charge in [-0.15, -0.1) is 0 Å². The largest absolute Gasteiger partial charge is 0.478 e. The summed E-state index contributed by atoms with van der Waals surface area (Å²) in [6.45, 7) is 1.62. The standard InChI is InChI=1S/C12H16O4S/c1-8-11(12(13)14)6-9(16-8)7-17(15)10-4-2-3-5-10/h6,10H,2-5,7H2,1H3,(H,13,14). The molecule has 1 unspecified atom stereocenters. The van der Waals surface area contributed by atoms with Crippen LogP contribution in [-0.4, -0.2) is 20.5 Å². The Hall–Kier alpha value is -1.10. The summed E-state index contributed by atoms with van der Waals surface area (Å²) in [5.41, 5.74) is 0.170. The summed E-state index contributed by atoms with van der Waals surface area (Å²) in [6, 6.07) is 1.49. The van der Waals surface area contributed by atoms with Gasteiger partial charge in [0.25, 0.3) is 0 Å². The van der Waals surface area contributed by atoms with Crippen LogP contribution in [0.4, 0.5) is 0 Å². The van der Waals surface area contributed by atoms with Gasteiger partial charge in [0.15, 0.2) is 0 Å². The number of furan rings is 1. The molecule has 1 aromatic heterocycles. The molecule has 1 aromatic rings. The van der Waals surface area contributed by atoms with E-state index in [1.54, 1.807) is 6.92 Å². The molecule has 5 heteroatoms.